The Morgan fingerprint density at radius 1 is 1.00 bits per heavy atom. The third kappa shape index (κ3) is 6.85. The molecule has 11 heteroatoms. The van der Waals surface area contributed by atoms with Crippen molar-refractivity contribution in [1.82, 2.24) is 24.7 Å². The Kier molecular flexibility index (Phi) is 8.15. The van der Waals surface area contributed by atoms with Crippen LogP contribution in [0.5, 0.6) is 0 Å². The summed E-state index contributed by atoms with van der Waals surface area (Å²) in [5.41, 5.74) is 10.2. The smallest absolute Gasteiger partial charge is 0.274 e. The quantitative estimate of drug-likeness (QED) is 0.292. The van der Waals surface area contributed by atoms with Gasteiger partial charge in [0.05, 0.1) is 24.1 Å². The molecule has 210 valence electrons. The maximum absolute atomic E-state index is 13.6. The van der Waals surface area contributed by atoms with Gasteiger partial charge in [-0.3, -0.25) is 30.0 Å². The number of alkyl halides is 2. The molecule has 2 aliphatic rings. The maximum Gasteiger partial charge on any atom is 0.274 e. The van der Waals surface area contributed by atoms with Crippen molar-refractivity contribution in [2.75, 3.05) is 57.4 Å². The summed E-state index contributed by atoms with van der Waals surface area (Å²) in [6, 6.07) is 10.7. The molecule has 2 saturated heterocycles. The van der Waals surface area contributed by atoms with Crippen molar-refractivity contribution in [1.29, 1.82) is 5.41 Å². The van der Waals surface area contributed by atoms with Crippen LogP contribution in [0.3, 0.4) is 0 Å². The lowest BCUT2D eigenvalue weighted by Gasteiger charge is -2.32. The van der Waals surface area contributed by atoms with E-state index in [0.717, 1.165) is 55.1 Å². The second-order valence-corrected chi connectivity index (χ2v) is 10.6. The molecule has 2 fully saturated rings. The van der Waals surface area contributed by atoms with Crippen molar-refractivity contribution in [2.24, 2.45) is 0 Å². The number of nitrogens with zero attached hydrogens (tertiary/aromatic N) is 5. The number of hydrogen-bond donors (Lipinski definition) is 3. The van der Waals surface area contributed by atoms with E-state index in [-0.39, 0.29) is 18.7 Å². The number of halogens is 2. The first-order valence-electron chi connectivity index (χ1n) is 13.4. The van der Waals surface area contributed by atoms with Crippen molar-refractivity contribution < 1.29 is 13.6 Å². The number of nitrogens with one attached hydrogen (secondary N) is 2. The molecule has 9 nitrogen and oxygen atoms in total. The van der Waals surface area contributed by atoms with E-state index < -0.39 is 11.8 Å². The minimum Gasteiger partial charge on any atom is -0.398 e. The minimum absolute atomic E-state index is 0.136. The monoisotopic (exact) mass is 548 g/mol. The normalized spacial score (nSPS) is 18.1. The van der Waals surface area contributed by atoms with Crippen LogP contribution in [-0.2, 0) is 17.9 Å². The number of aromatic nitrogens is 2. The van der Waals surface area contributed by atoms with Gasteiger partial charge in [-0.1, -0.05) is 6.07 Å². The minimum atomic E-state index is -2.65. The van der Waals surface area contributed by atoms with E-state index in [1.807, 2.05) is 12.1 Å². The van der Waals surface area contributed by atoms with E-state index in [1.165, 1.54) is 0 Å². The molecule has 2 aliphatic heterocycles. The molecule has 2 aromatic heterocycles. The molecule has 0 saturated carbocycles. The molecular formula is C29H34F2N8O. The summed E-state index contributed by atoms with van der Waals surface area (Å²) in [4.78, 5) is 28.1. The Labute approximate surface area is 232 Å². The lowest BCUT2D eigenvalue weighted by Crippen LogP contribution is -2.44. The lowest BCUT2D eigenvalue weighted by molar-refractivity contribution is -0.110. The first kappa shape index (κ1) is 27.8. The number of anilines is 2. The van der Waals surface area contributed by atoms with E-state index in [1.54, 1.807) is 47.8 Å². The summed E-state index contributed by atoms with van der Waals surface area (Å²) in [5.74, 6) is -3.25. The Hall–Kier alpha value is -3.80. The summed E-state index contributed by atoms with van der Waals surface area (Å²) in [5, 5.41) is 11.3. The number of nitrogen functional groups attached to an aromatic ring is 1. The van der Waals surface area contributed by atoms with Gasteiger partial charge in [0, 0.05) is 81.4 Å². The predicted octanol–water partition coefficient (Wildman–Crippen LogP) is 3.32. The molecule has 0 atom stereocenters. The predicted molar refractivity (Wildman–Crippen MR) is 151 cm³/mol. The number of amides is 1. The van der Waals surface area contributed by atoms with E-state index in [0.29, 0.717) is 30.0 Å². The molecule has 4 heterocycles. The van der Waals surface area contributed by atoms with Crippen LogP contribution in [-0.4, -0.2) is 88.5 Å². The summed E-state index contributed by atoms with van der Waals surface area (Å²) in [7, 11) is 2.12. The highest BCUT2D eigenvalue weighted by Gasteiger charge is 2.37. The number of rotatable bonds is 8. The maximum atomic E-state index is 13.6. The topological polar surface area (TPSA) is 114 Å². The molecule has 0 unspecified atom stereocenters. The average Bonchev–Trinajstić information content (AvgIpc) is 3.28. The first-order chi connectivity index (χ1) is 19.1. The second kappa shape index (κ2) is 11.7. The fourth-order valence-corrected chi connectivity index (χ4v) is 5.03. The van der Waals surface area contributed by atoms with Crippen molar-refractivity contribution in [3.63, 3.8) is 0 Å². The Morgan fingerprint density at radius 3 is 2.50 bits per heavy atom. The Morgan fingerprint density at radius 2 is 1.80 bits per heavy atom. The third-order valence-electron chi connectivity index (χ3n) is 7.40. The highest BCUT2D eigenvalue weighted by molar-refractivity contribution is 6.48. The first-order valence-corrected chi connectivity index (χ1v) is 13.4. The number of piperazine rings is 1. The van der Waals surface area contributed by atoms with Crippen molar-refractivity contribution in [3.8, 4) is 11.1 Å². The number of nitrogens with two attached hydrogens (primary N) is 1. The number of carbonyl (C=O) groups excluding carboxylic acids is 1. The van der Waals surface area contributed by atoms with Crippen LogP contribution >= 0.6 is 0 Å². The number of carbonyl (C=O) groups is 1. The van der Waals surface area contributed by atoms with Crippen LogP contribution < -0.4 is 11.1 Å². The average molecular weight is 549 g/mol. The van der Waals surface area contributed by atoms with Gasteiger partial charge < -0.3 is 16.0 Å². The van der Waals surface area contributed by atoms with Crippen LogP contribution in [0.25, 0.3) is 11.1 Å². The number of benzene rings is 1. The van der Waals surface area contributed by atoms with Gasteiger partial charge in [-0.2, -0.15) is 0 Å². The SMILES string of the molecule is CN1CCN(Cc2ccc(NC(=O)C(=N)c3cc(-c4cncc(CN5CCC(F)(F)C5)c4)ccc3N)cn2)CC1. The molecule has 0 bridgehead atoms. The van der Waals surface area contributed by atoms with E-state index in [2.05, 4.69) is 32.1 Å². The molecule has 1 amide bonds. The summed E-state index contributed by atoms with van der Waals surface area (Å²) in [6.45, 7) is 5.25. The molecule has 0 radical (unpaired) electrons. The van der Waals surface area contributed by atoms with Crippen LogP contribution in [0, 0.1) is 5.41 Å². The molecule has 40 heavy (non-hydrogen) atoms. The van der Waals surface area contributed by atoms with E-state index >= 15 is 0 Å². The van der Waals surface area contributed by atoms with Gasteiger partial charge >= 0.3 is 0 Å². The number of likely N-dealkylation sites (N-methyl/N-ethyl adjacent to an activating group) is 1. The van der Waals surface area contributed by atoms with E-state index in [9.17, 15) is 13.6 Å². The Bertz CT molecular complexity index is 1370. The molecule has 5 rings (SSSR count). The molecule has 1 aromatic carbocycles. The van der Waals surface area contributed by atoms with Gasteiger partial charge in [-0.15, -0.1) is 0 Å². The third-order valence-corrected chi connectivity index (χ3v) is 7.40. The zero-order valence-electron chi connectivity index (χ0n) is 22.5. The van der Waals surface area contributed by atoms with Gasteiger partial charge in [-0.05, 0) is 48.5 Å². The molecule has 4 N–H and O–H groups in total. The molecule has 0 aliphatic carbocycles. The van der Waals surface area contributed by atoms with Gasteiger partial charge in [0.2, 0.25) is 0 Å². The van der Waals surface area contributed by atoms with Crippen molar-refractivity contribution >= 4 is 23.0 Å². The van der Waals surface area contributed by atoms with Crippen LogP contribution in [0.1, 0.15) is 23.2 Å². The van der Waals surface area contributed by atoms with Crippen molar-refractivity contribution in [3.05, 3.63) is 71.8 Å². The highest BCUT2D eigenvalue weighted by atomic mass is 19.3. The second-order valence-electron chi connectivity index (χ2n) is 10.6. The summed E-state index contributed by atoms with van der Waals surface area (Å²) in [6.07, 6.45) is 4.79. The van der Waals surface area contributed by atoms with Gasteiger partial charge in [0.25, 0.3) is 11.8 Å². The highest BCUT2D eigenvalue weighted by Crippen LogP contribution is 2.29. The number of likely N-dealkylation sites (tertiary alicyclic amines) is 1. The van der Waals surface area contributed by atoms with Crippen LogP contribution in [0.15, 0.2) is 55.0 Å². The fourth-order valence-electron chi connectivity index (χ4n) is 5.03. The standard InChI is InChI=1S/C29H34F2N8O/c1-37-8-10-38(11-9-37)18-24-4-3-23(16-35-24)36-28(40)27(33)25-13-21(2-5-26(25)32)22-12-20(14-34-15-22)17-39-7-6-29(30,31)19-39/h2-5,12-16,33H,6-11,17-19,32H2,1H3,(H,36,40). The zero-order valence-corrected chi connectivity index (χ0v) is 22.5. The summed E-state index contributed by atoms with van der Waals surface area (Å²) >= 11 is 0. The van der Waals surface area contributed by atoms with Gasteiger partial charge in [-0.25, -0.2) is 8.78 Å². The lowest BCUT2D eigenvalue weighted by atomic mass is 9.99. The zero-order chi connectivity index (χ0) is 28.3. The number of pyridine rings is 2. The molecular weight excluding hydrogens is 514 g/mol. The largest absolute Gasteiger partial charge is 0.398 e. The molecule has 0 spiro atoms. The van der Waals surface area contributed by atoms with Crippen LogP contribution in [0.2, 0.25) is 0 Å². The molecule has 3 aromatic rings. The van der Waals surface area contributed by atoms with Gasteiger partial charge in [0.1, 0.15) is 5.71 Å². The van der Waals surface area contributed by atoms with Crippen LogP contribution in [0.4, 0.5) is 20.2 Å². The van der Waals surface area contributed by atoms with Gasteiger partial charge in [0.15, 0.2) is 0 Å². The van der Waals surface area contributed by atoms with E-state index in [4.69, 9.17) is 11.1 Å². The fraction of sp³-hybridized carbons (Fsp3) is 0.379. The Balaban J connectivity index is 1.23. The van der Waals surface area contributed by atoms with Crippen molar-refractivity contribution in [2.45, 2.75) is 25.4 Å². The summed E-state index contributed by atoms with van der Waals surface area (Å²) < 4.78 is 27.2. The number of hydrogen-bond acceptors (Lipinski definition) is 8.